The molecule has 8 heteroatoms. The molecule has 6 nitrogen and oxygen atoms in total. The molecule has 1 aromatic rings. The van der Waals surface area contributed by atoms with E-state index in [1.807, 2.05) is 0 Å². The molecule has 0 spiro atoms. The number of rotatable bonds is 5. The van der Waals surface area contributed by atoms with E-state index in [1.54, 1.807) is 31.2 Å². The third-order valence-corrected chi connectivity index (χ3v) is 4.57. The van der Waals surface area contributed by atoms with Crippen LogP contribution in [0.15, 0.2) is 24.3 Å². The number of carboxylic acid groups (broad SMARTS) is 1. The lowest BCUT2D eigenvalue weighted by Crippen LogP contribution is -2.36. The minimum absolute atomic E-state index is 0.0900. The Morgan fingerprint density at radius 2 is 2.09 bits per heavy atom. The van der Waals surface area contributed by atoms with Crippen LogP contribution >= 0.6 is 0 Å². The normalized spacial score (nSPS) is 20.2. The van der Waals surface area contributed by atoms with Crippen LogP contribution in [0.1, 0.15) is 23.6 Å². The van der Waals surface area contributed by atoms with E-state index in [2.05, 4.69) is 0 Å². The van der Waals surface area contributed by atoms with Crippen molar-refractivity contribution >= 4 is 22.1 Å². The number of amides is 1. The first-order chi connectivity index (χ1) is 10.2. The van der Waals surface area contributed by atoms with Gasteiger partial charge < -0.3 is 10.0 Å². The average Bonchev–Trinajstić information content (AvgIpc) is 2.70. The quantitative estimate of drug-likeness (QED) is 0.821. The Labute approximate surface area is 127 Å². The molecule has 0 radical (unpaired) electrons. The molecule has 1 aliphatic heterocycles. The SMILES string of the molecule is Cc1ccccc1C(C(=O)O)N1CC(CS(=O)(=O)F)CC1=O. The summed E-state index contributed by atoms with van der Waals surface area (Å²) in [5.74, 6) is -3.18. The molecule has 2 unspecified atom stereocenters. The van der Waals surface area contributed by atoms with Gasteiger partial charge in [-0.2, -0.15) is 8.42 Å². The highest BCUT2D eigenvalue weighted by Crippen LogP contribution is 2.31. The number of likely N-dealkylation sites (tertiary alicyclic amines) is 1. The van der Waals surface area contributed by atoms with Crippen LogP contribution in [-0.2, 0) is 19.8 Å². The molecule has 0 aliphatic carbocycles. The van der Waals surface area contributed by atoms with Crippen LogP contribution < -0.4 is 0 Å². The highest BCUT2D eigenvalue weighted by molar-refractivity contribution is 7.86. The summed E-state index contributed by atoms with van der Waals surface area (Å²) in [4.78, 5) is 24.7. The summed E-state index contributed by atoms with van der Waals surface area (Å²) < 4.78 is 34.2. The maximum atomic E-state index is 12.8. The zero-order valence-electron chi connectivity index (χ0n) is 11.9. The third kappa shape index (κ3) is 3.62. The maximum Gasteiger partial charge on any atom is 0.331 e. The molecule has 1 fully saturated rings. The van der Waals surface area contributed by atoms with Gasteiger partial charge in [0, 0.05) is 18.9 Å². The van der Waals surface area contributed by atoms with Gasteiger partial charge in [0.25, 0.3) is 0 Å². The van der Waals surface area contributed by atoms with E-state index < -0.39 is 39.8 Å². The Hall–Kier alpha value is -1.96. The fraction of sp³-hybridized carbons (Fsp3) is 0.429. The fourth-order valence-electron chi connectivity index (χ4n) is 2.78. The van der Waals surface area contributed by atoms with E-state index in [1.165, 1.54) is 0 Å². The molecule has 0 saturated carbocycles. The van der Waals surface area contributed by atoms with Crippen LogP contribution in [0, 0.1) is 12.8 Å². The monoisotopic (exact) mass is 329 g/mol. The molecule has 0 aromatic heterocycles. The van der Waals surface area contributed by atoms with Crippen molar-refractivity contribution in [2.24, 2.45) is 5.92 Å². The number of hydrogen-bond donors (Lipinski definition) is 1. The second-order valence-electron chi connectivity index (χ2n) is 5.42. The van der Waals surface area contributed by atoms with Gasteiger partial charge in [0.15, 0.2) is 6.04 Å². The molecule has 0 bridgehead atoms. The van der Waals surface area contributed by atoms with Gasteiger partial charge in [-0.15, -0.1) is 3.89 Å². The van der Waals surface area contributed by atoms with Gasteiger partial charge in [-0.25, -0.2) is 4.79 Å². The largest absolute Gasteiger partial charge is 0.479 e. The average molecular weight is 329 g/mol. The Morgan fingerprint density at radius 3 is 2.64 bits per heavy atom. The van der Waals surface area contributed by atoms with Crippen LogP contribution in [0.4, 0.5) is 3.89 Å². The number of carbonyl (C=O) groups is 2. The number of benzene rings is 1. The highest BCUT2D eigenvalue weighted by Gasteiger charge is 2.40. The van der Waals surface area contributed by atoms with Gasteiger partial charge in [-0.05, 0) is 18.1 Å². The lowest BCUT2D eigenvalue weighted by Gasteiger charge is -2.26. The molecule has 22 heavy (non-hydrogen) atoms. The summed E-state index contributed by atoms with van der Waals surface area (Å²) in [7, 11) is -4.70. The smallest absolute Gasteiger partial charge is 0.331 e. The number of nitrogens with zero attached hydrogens (tertiary/aromatic N) is 1. The molecule has 1 heterocycles. The van der Waals surface area contributed by atoms with E-state index in [4.69, 9.17) is 0 Å². The Bertz CT molecular complexity index is 703. The topological polar surface area (TPSA) is 91.8 Å². The molecular formula is C14H16FNO5S. The van der Waals surface area contributed by atoms with Crippen LogP contribution in [-0.4, -0.2) is 42.6 Å². The minimum Gasteiger partial charge on any atom is -0.479 e. The number of carbonyl (C=O) groups excluding carboxylic acids is 1. The van der Waals surface area contributed by atoms with Crippen LogP contribution in [0.5, 0.6) is 0 Å². The van der Waals surface area contributed by atoms with Crippen molar-refractivity contribution in [3.8, 4) is 0 Å². The van der Waals surface area contributed by atoms with Gasteiger partial charge >= 0.3 is 16.2 Å². The van der Waals surface area contributed by atoms with E-state index >= 15 is 0 Å². The number of hydrogen-bond acceptors (Lipinski definition) is 4. The first-order valence-corrected chi connectivity index (χ1v) is 8.24. The van der Waals surface area contributed by atoms with Crippen molar-refractivity contribution in [3.63, 3.8) is 0 Å². The van der Waals surface area contributed by atoms with Crippen molar-refractivity contribution in [3.05, 3.63) is 35.4 Å². The lowest BCUT2D eigenvalue weighted by molar-refractivity contribution is -0.148. The van der Waals surface area contributed by atoms with Crippen molar-refractivity contribution < 1.29 is 27.0 Å². The molecule has 1 aliphatic rings. The van der Waals surface area contributed by atoms with Crippen molar-refractivity contribution in [1.82, 2.24) is 4.90 Å². The molecule has 120 valence electrons. The third-order valence-electron chi connectivity index (χ3n) is 3.70. The van der Waals surface area contributed by atoms with Gasteiger partial charge in [-0.1, -0.05) is 24.3 Å². The predicted octanol–water partition coefficient (Wildman–Crippen LogP) is 1.27. The Kier molecular flexibility index (Phi) is 4.50. The van der Waals surface area contributed by atoms with Gasteiger partial charge in [0.05, 0.1) is 5.75 Å². The summed E-state index contributed by atoms with van der Waals surface area (Å²) >= 11 is 0. The minimum atomic E-state index is -4.70. The summed E-state index contributed by atoms with van der Waals surface area (Å²) in [6.07, 6.45) is -0.168. The fourth-order valence-corrected chi connectivity index (χ4v) is 3.57. The number of aliphatic carboxylic acids is 1. The molecule has 2 atom stereocenters. The van der Waals surface area contributed by atoms with Crippen molar-refractivity contribution in [1.29, 1.82) is 0 Å². The standard InChI is InChI=1S/C14H16FNO5S/c1-9-4-2-3-5-11(9)13(14(18)19)16-7-10(6-12(16)17)8-22(15,20)21/h2-5,10,13H,6-8H2,1H3,(H,18,19). The van der Waals surface area contributed by atoms with E-state index in [-0.39, 0.29) is 13.0 Å². The number of carboxylic acids is 1. The first-order valence-electron chi connectivity index (χ1n) is 6.69. The summed E-state index contributed by atoms with van der Waals surface area (Å²) in [6.45, 7) is 1.64. The second kappa shape index (κ2) is 6.04. The van der Waals surface area contributed by atoms with Crippen molar-refractivity contribution in [2.75, 3.05) is 12.3 Å². The molecule has 2 rings (SSSR count). The van der Waals surface area contributed by atoms with Gasteiger partial charge in [-0.3, -0.25) is 4.79 Å². The highest BCUT2D eigenvalue weighted by atomic mass is 32.3. The summed E-state index contributed by atoms with van der Waals surface area (Å²) in [6, 6.07) is 5.57. The van der Waals surface area contributed by atoms with E-state index in [0.29, 0.717) is 11.1 Å². The maximum absolute atomic E-state index is 12.8. The molecule has 1 aromatic carbocycles. The zero-order valence-corrected chi connectivity index (χ0v) is 12.7. The second-order valence-corrected chi connectivity index (χ2v) is 6.83. The molecule has 1 N–H and O–H groups in total. The predicted molar refractivity (Wildman–Crippen MR) is 76.3 cm³/mol. The molecule has 1 saturated heterocycles. The van der Waals surface area contributed by atoms with Crippen LogP contribution in [0.25, 0.3) is 0 Å². The van der Waals surface area contributed by atoms with Crippen LogP contribution in [0.2, 0.25) is 0 Å². The summed E-state index contributed by atoms with van der Waals surface area (Å²) in [5, 5.41) is 9.46. The lowest BCUT2D eigenvalue weighted by atomic mass is 10.0. The first kappa shape index (κ1) is 16.4. The summed E-state index contributed by atoms with van der Waals surface area (Å²) in [5.41, 5.74) is 1.18. The van der Waals surface area contributed by atoms with E-state index in [0.717, 1.165) is 4.90 Å². The van der Waals surface area contributed by atoms with E-state index in [9.17, 15) is 27.0 Å². The Balaban J connectivity index is 2.29. The van der Waals surface area contributed by atoms with Crippen LogP contribution in [0.3, 0.4) is 0 Å². The van der Waals surface area contributed by atoms with Gasteiger partial charge in [0.1, 0.15) is 0 Å². The number of halogens is 1. The Morgan fingerprint density at radius 1 is 1.45 bits per heavy atom. The molecule has 1 amide bonds. The van der Waals surface area contributed by atoms with Gasteiger partial charge in [0.2, 0.25) is 5.91 Å². The zero-order chi connectivity index (χ0) is 16.5. The van der Waals surface area contributed by atoms with Crippen molar-refractivity contribution in [2.45, 2.75) is 19.4 Å². The molecular weight excluding hydrogens is 313 g/mol. The number of aryl methyl sites for hydroxylation is 1.